The molecule has 134 valence electrons. The fourth-order valence-corrected chi connectivity index (χ4v) is 5.39. The maximum absolute atomic E-state index is 13.0. The van der Waals surface area contributed by atoms with Gasteiger partial charge >= 0.3 is 0 Å². The van der Waals surface area contributed by atoms with E-state index in [4.69, 9.17) is 4.74 Å². The van der Waals surface area contributed by atoms with Gasteiger partial charge in [-0.15, -0.1) is 11.3 Å². The molecule has 0 amide bonds. The number of benzene rings is 1. The van der Waals surface area contributed by atoms with Crippen molar-refractivity contribution in [2.75, 3.05) is 38.2 Å². The zero-order valence-electron chi connectivity index (χ0n) is 14.1. The van der Waals surface area contributed by atoms with Crippen molar-refractivity contribution in [3.63, 3.8) is 0 Å². The van der Waals surface area contributed by atoms with Gasteiger partial charge < -0.3 is 9.64 Å². The summed E-state index contributed by atoms with van der Waals surface area (Å²) < 4.78 is 32.7. The van der Waals surface area contributed by atoms with E-state index in [0.29, 0.717) is 36.8 Å². The van der Waals surface area contributed by atoms with Crippen molar-refractivity contribution in [1.82, 2.24) is 4.31 Å². The summed E-state index contributed by atoms with van der Waals surface area (Å²) >= 11 is 1.42. The maximum atomic E-state index is 13.0. The molecule has 8 heteroatoms. The van der Waals surface area contributed by atoms with E-state index in [1.807, 2.05) is 19.1 Å². The fraction of sp³-hybridized carbons (Fsp3) is 0.353. The summed E-state index contributed by atoms with van der Waals surface area (Å²) in [7, 11) is -2.13. The van der Waals surface area contributed by atoms with Crippen molar-refractivity contribution in [2.24, 2.45) is 0 Å². The molecule has 2 heterocycles. The van der Waals surface area contributed by atoms with Crippen molar-refractivity contribution in [1.29, 1.82) is 0 Å². The maximum Gasteiger partial charge on any atom is 0.246 e. The summed E-state index contributed by atoms with van der Waals surface area (Å²) in [6, 6.07) is 8.86. The summed E-state index contributed by atoms with van der Waals surface area (Å²) in [6.07, 6.45) is 0.832. The van der Waals surface area contributed by atoms with Gasteiger partial charge in [-0.2, -0.15) is 4.31 Å². The first-order valence-electron chi connectivity index (χ1n) is 7.90. The Morgan fingerprint density at radius 2 is 1.84 bits per heavy atom. The molecule has 0 spiro atoms. The van der Waals surface area contributed by atoms with Gasteiger partial charge in [0.25, 0.3) is 0 Å². The number of aldehydes is 1. The number of aryl methyl sites for hydroxylation is 1. The van der Waals surface area contributed by atoms with Crippen LogP contribution < -0.4 is 9.64 Å². The van der Waals surface area contributed by atoms with Gasteiger partial charge in [0.05, 0.1) is 17.0 Å². The number of methoxy groups -OCH3 is 1. The van der Waals surface area contributed by atoms with Gasteiger partial charge in [0.15, 0.2) is 6.29 Å². The van der Waals surface area contributed by atoms with E-state index in [1.165, 1.54) is 22.8 Å². The Labute approximate surface area is 151 Å². The monoisotopic (exact) mass is 380 g/mol. The lowest BCUT2D eigenvalue weighted by atomic mass is 10.2. The van der Waals surface area contributed by atoms with E-state index < -0.39 is 10.0 Å². The highest BCUT2D eigenvalue weighted by Crippen LogP contribution is 2.30. The second-order valence-electron chi connectivity index (χ2n) is 5.84. The number of nitrogens with zero attached hydrogens (tertiary/aromatic N) is 2. The molecule has 0 radical (unpaired) electrons. The lowest BCUT2D eigenvalue weighted by Crippen LogP contribution is -2.48. The summed E-state index contributed by atoms with van der Waals surface area (Å²) in [5.74, 6) is 0.363. The predicted molar refractivity (Wildman–Crippen MR) is 98.4 cm³/mol. The molecule has 2 aromatic rings. The molecule has 25 heavy (non-hydrogen) atoms. The van der Waals surface area contributed by atoms with Gasteiger partial charge in [-0.25, -0.2) is 8.42 Å². The number of thiophene rings is 1. The second-order valence-corrected chi connectivity index (χ2v) is 8.84. The van der Waals surface area contributed by atoms with E-state index in [2.05, 4.69) is 4.90 Å². The Morgan fingerprint density at radius 1 is 1.12 bits per heavy atom. The molecule has 1 aromatic carbocycles. The van der Waals surface area contributed by atoms with Crippen molar-refractivity contribution in [2.45, 2.75) is 11.8 Å². The third-order valence-electron chi connectivity index (χ3n) is 4.22. The summed E-state index contributed by atoms with van der Waals surface area (Å²) in [6.45, 7) is 3.83. The van der Waals surface area contributed by atoms with Gasteiger partial charge in [0.1, 0.15) is 10.6 Å². The van der Waals surface area contributed by atoms with E-state index in [0.717, 1.165) is 16.9 Å². The smallest absolute Gasteiger partial charge is 0.246 e. The van der Waals surface area contributed by atoms with E-state index in [-0.39, 0.29) is 4.90 Å². The lowest BCUT2D eigenvalue weighted by molar-refractivity contribution is 0.112. The molecule has 0 N–H and O–H groups in total. The molecule has 3 rings (SSSR count). The molecule has 0 unspecified atom stereocenters. The minimum Gasteiger partial charge on any atom is -0.495 e. The summed E-state index contributed by atoms with van der Waals surface area (Å²) in [5.41, 5.74) is 0.873. The number of rotatable bonds is 5. The number of carbonyl (C=O) groups is 1. The Morgan fingerprint density at radius 3 is 2.44 bits per heavy atom. The molecular formula is C17H20N2O4S2. The predicted octanol–water partition coefficient (Wildman–Crippen LogP) is 2.39. The van der Waals surface area contributed by atoms with Crippen LogP contribution in [0.25, 0.3) is 0 Å². The largest absolute Gasteiger partial charge is 0.495 e. The molecule has 1 aliphatic rings. The van der Waals surface area contributed by atoms with Crippen molar-refractivity contribution < 1.29 is 17.9 Å². The van der Waals surface area contributed by atoms with Crippen LogP contribution >= 0.6 is 11.3 Å². The molecule has 1 saturated heterocycles. The Balaban J connectivity index is 1.77. The van der Waals surface area contributed by atoms with Crippen LogP contribution in [-0.2, 0) is 10.0 Å². The topological polar surface area (TPSA) is 66.9 Å². The Bertz CT molecular complexity index is 869. The summed E-state index contributed by atoms with van der Waals surface area (Å²) in [5, 5.41) is 0.993. The molecule has 1 aromatic heterocycles. The highest BCUT2D eigenvalue weighted by molar-refractivity contribution is 7.89. The number of anilines is 1. The number of piperazine rings is 1. The SMILES string of the molecule is COc1ccc(C)cc1S(=O)(=O)N1CCN(c2ccc(C=O)s2)CC1. The van der Waals surface area contributed by atoms with E-state index >= 15 is 0 Å². The van der Waals surface area contributed by atoms with Crippen LogP contribution in [0.1, 0.15) is 15.2 Å². The normalized spacial score (nSPS) is 16.0. The minimum atomic E-state index is -3.60. The van der Waals surface area contributed by atoms with Crippen LogP contribution in [0.5, 0.6) is 5.75 Å². The highest BCUT2D eigenvalue weighted by Gasteiger charge is 2.31. The molecule has 1 aliphatic heterocycles. The Hall–Kier alpha value is -1.90. The molecule has 0 aliphatic carbocycles. The number of sulfonamides is 1. The van der Waals surface area contributed by atoms with Crippen LogP contribution in [0.15, 0.2) is 35.2 Å². The zero-order valence-corrected chi connectivity index (χ0v) is 15.8. The fourth-order valence-electron chi connectivity index (χ4n) is 2.85. The van der Waals surface area contributed by atoms with Crippen LogP contribution in [0, 0.1) is 6.92 Å². The first kappa shape index (κ1) is 17.9. The number of ether oxygens (including phenoxy) is 1. The average Bonchev–Trinajstić information content (AvgIpc) is 3.11. The molecular weight excluding hydrogens is 360 g/mol. The van der Waals surface area contributed by atoms with Gasteiger partial charge in [-0.05, 0) is 36.8 Å². The first-order chi connectivity index (χ1) is 12.0. The second kappa shape index (κ2) is 7.15. The summed E-state index contributed by atoms with van der Waals surface area (Å²) in [4.78, 5) is 13.8. The van der Waals surface area contributed by atoms with Crippen LogP contribution in [0.3, 0.4) is 0 Å². The third-order valence-corrected chi connectivity index (χ3v) is 7.21. The standard InChI is InChI=1S/C17H20N2O4S2/c1-13-3-5-15(23-2)16(11-13)25(21,22)19-9-7-18(8-10-19)17-6-4-14(12-20)24-17/h3-6,11-12H,7-10H2,1-2H3. The molecule has 1 fully saturated rings. The quantitative estimate of drug-likeness (QED) is 0.745. The lowest BCUT2D eigenvalue weighted by Gasteiger charge is -2.34. The van der Waals surface area contributed by atoms with Crippen LogP contribution in [0.2, 0.25) is 0 Å². The molecule has 0 saturated carbocycles. The van der Waals surface area contributed by atoms with Gasteiger partial charge in [-0.1, -0.05) is 6.07 Å². The average molecular weight is 380 g/mol. The van der Waals surface area contributed by atoms with Crippen LogP contribution in [-0.4, -0.2) is 52.3 Å². The number of carbonyl (C=O) groups excluding carboxylic acids is 1. The van der Waals surface area contributed by atoms with Crippen molar-refractivity contribution >= 4 is 32.6 Å². The van der Waals surface area contributed by atoms with Crippen LogP contribution in [0.4, 0.5) is 5.00 Å². The molecule has 0 bridgehead atoms. The van der Waals surface area contributed by atoms with E-state index in [1.54, 1.807) is 18.2 Å². The molecule has 6 nitrogen and oxygen atoms in total. The number of hydrogen-bond acceptors (Lipinski definition) is 6. The zero-order chi connectivity index (χ0) is 18.0. The first-order valence-corrected chi connectivity index (χ1v) is 10.2. The minimum absolute atomic E-state index is 0.211. The van der Waals surface area contributed by atoms with Gasteiger partial charge in [0, 0.05) is 26.2 Å². The third kappa shape index (κ3) is 3.56. The highest BCUT2D eigenvalue weighted by atomic mass is 32.2. The van der Waals surface area contributed by atoms with E-state index in [9.17, 15) is 13.2 Å². The van der Waals surface area contributed by atoms with Crippen molar-refractivity contribution in [3.05, 3.63) is 40.8 Å². The van der Waals surface area contributed by atoms with Gasteiger partial charge in [0.2, 0.25) is 10.0 Å². The molecule has 0 atom stereocenters. The number of hydrogen-bond donors (Lipinski definition) is 0. The van der Waals surface area contributed by atoms with Gasteiger partial charge in [-0.3, -0.25) is 4.79 Å². The van der Waals surface area contributed by atoms with Crippen molar-refractivity contribution in [3.8, 4) is 5.75 Å². The Kier molecular flexibility index (Phi) is 5.12.